The van der Waals surface area contributed by atoms with Crippen molar-refractivity contribution in [2.24, 2.45) is 7.05 Å². The van der Waals surface area contributed by atoms with Gasteiger partial charge in [0.2, 0.25) is 0 Å². The number of hydrogen-bond donors (Lipinski definition) is 1. The van der Waals surface area contributed by atoms with E-state index in [1.165, 1.54) is 0 Å². The molecule has 0 saturated heterocycles. The van der Waals surface area contributed by atoms with Crippen LogP contribution in [0.3, 0.4) is 0 Å². The van der Waals surface area contributed by atoms with Crippen molar-refractivity contribution in [3.63, 3.8) is 0 Å². The average molecular weight is 234 g/mol. The van der Waals surface area contributed by atoms with Gasteiger partial charge in [-0.1, -0.05) is 13.8 Å². The van der Waals surface area contributed by atoms with Crippen LogP contribution in [0.15, 0.2) is 18.7 Å². The van der Waals surface area contributed by atoms with E-state index < -0.39 is 0 Å². The van der Waals surface area contributed by atoms with Gasteiger partial charge in [0.05, 0.1) is 19.3 Å². The lowest BCUT2D eigenvalue weighted by atomic mass is 10.4. The molecule has 0 aliphatic carbocycles. The highest BCUT2D eigenvalue weighted by molar-refractivity contribution is 5.03. The monoisotopic (exact) mass is 234 g/mol. The number of hydrogen-bond acceptors (Lipinski definition) is 4. The molecule has 0 bridgehead atoms. The van der Waals surface area contributed by atoms with Gasteiger partial charge in [-0.25, -0.2) is 9.67 Å². The summed E-state index contributed by atoms with van der Waals surface area (Å²) in [5.41, 5.74) is 1.13. The third-order valence-corrected chi connectivity index (χ3v) is 2.36. The summed E-state index contributed by atoms with van der Waals surface area (Å²) in [6, 6.07) is 0.445. The highest BCUT2D eigenvalue weighted by Gasteiger charge is 2.03. The van der Waals surface area contributed by atoms with E-state index in [-0.39, 0.29) is 0 Å². The summed E-state index contributed by atoms with van der Waals surface area (Å²) in [6.07, 6.45) is 5.58. The zero-order valence-electron chi connectivity index (χ0n) is 10.5. The second kappa shape index (κ2) is 5.09. The van der Waals surface area contributed by atoms with Crippen molar-refractivity contribution in [1.82, 2.24) is 29.9 Å². The molecule has 6 heteroatoms. The van der Waals surface area contributed by atoms with Crippen molar-refractivity contribution in [1.29, 1.82) is 0 Å². The molecular weight excluding hydrogens is 216 g/mol. The fourth-order valence-electron chi connectivity index (χ4n) is 1.53. The van der Waals surface area contributed by atoms with Gasteiger partial charge in [0.1, 0.15) is 6.33 Å². The van der Waals surface area contributed by atoms with Crippen molar-refractivity contribution >= 4 is 0 Å². The van der Waals surface area contributed by atoms with Crippen LogP contribution < -0.4 is 5.32 Å². The van der Waals surface area contributed by atoms with Gasteiger partial charge in [-0.05, 0) is 0 Å². The van der Waals surface area contributed by atoms with E-state index >= 15 is 0 Å². The first-order chi connectivity index (χ1) is 8.13. The van der Waals surface area contributed by atoms with Gasteiger partial charge in [-0.2, -0.15) is 10.2 Å². The van der Waals surface area contributed by atoms with Crippen LogP contribution in [0.2, 0.25) is 0 Å². The number of nitrogens with zero attached hydrogens (tertiary/aromatic N) is 5. The molecule has 2 rings (SSSR count). The Morgan fingerprint density at radius 1 is 1.41 bits per heavy atom. The normalized spacial score (nSPS) is 11.3. The zero-order valence-corrected chi connectivity index (χ0v) is 10.5. The molecule has 0 aliphatic rings. The van der Waals surface area contributed by atoms with Gasteiger partial charge in [-0.3, -0.25) is 4.68 Å². The molecule has 92 valence electrons. The summed E-state index contributed by atoms with van der Waals surface area (Å²) in [5.74, 6) is 0.822. The predicted molar refractivity (Wildman–Crippen MR) is 64.3 cm³/mol. The van der Waals surface area contributed by atoms with Crippen LogP contribution >= 0.6 is 0 Å². The maximum Gasteiger partial charge on any atom is 0.164 e. The van der Waals surface area contributed by atoms with E-state index in [4.69, 9.17) is 0 Å². The molecule has 0 aliphatic heterocycles. The number of rotatable bonds is 5. The average Bonchev–Trinajstić information content (AvgIpc) is 2.86. The lowest BCUT2D eigenvalue weighted by molar-refractivity contribution is 0.565. The van der Waals surface area contributed by atoms with E-state index in [0.717, 1.165) is 11.4 Å². The maximum absolute atomic E-state index is 4.39. The van der Waals surface area contributed by atoms with E-state index in [9.17, 15) is 0 Å². The van der Waals surface area contributed by atoms with Crippen LogP contribution in [0.1, 0.15) is 25.2 Å². The van der Waals surface area contributed by atoms with Crippen LogP contribution in [0.4, 0.5) is 0 Å². The SMILES string of the molecule is CC(C)NCc1ncn(Cc2cnn(C)c2)n1. The lowest BCUT2D eigenvalue weighted by Gasteiger charge is -2.03. The van der Waals surface area contributed by atoms with Crippen LogP contribution in [-0.2, 0) is 20.1 Å². The fraction of sp³-hybridized carbons (Fsp3) is 0.545. The Balaban J connectivity index is 1.94. The van der Waals surface area contributed by atoms with E-state index in [2.05, 4.69) is 34.3 Å². The Bertz CT molecular complexity index is 470. The van der Waals surface area contributed by atoms with Crippen molar-refractivity contribution in [3.05, 3.63) is 30.1 Å². The zero-order chi connectivity index (χ0) is 12.3. The highest BCUT2D eigenvalue weighted by atomic mass is 15.3. The van der Waals surface area contributed by atoms with E-state index in [1.54, 1.807) is 11.0 Å². The molecule has 6 nitrogen and oxygen atoms in total. The highest BCUT2D eigenvalue weighted by Crippen LogP contribution is 2.00. The van der Waals surface area contributed by atoms with Gasteiger partial charge < -0.3 is 5.32 Å². The molecule has 17 heavy (non-hydrogen) atoms. The number of aryl methyl sites for hydroxylation is 1. The van der Waals surface area contributed by atoms with Crippen LogP contribution in [0.25, 0.3) is 0 Å². The molecule has 0 aromatic carbocycles. The van der Waals surface area contributed by atoms with Gasteiger partial charge in [-0.15, -0.1) is 0 Å². The summed E-state index contributed by atoms with van der Waals surface area (Å²) in [5, 5.41) is 11.8. The van der Waals surface area contributed by atoms with Crippen LogP contribution in [0, 0.1) is 0 Å². The molecule has 2 heterocycles. The summed E-state index contributed by atoms with van der Waals surface area (Å²) < 4.78 is 3.61. The third kappa shape index (κ3) is 3.39. The third-order valence-electron chi connectivity index (χ3n) is 2.36. The van der Waals surface area contributed by atoms with Gasteiger partial charge in [0, 0.05) is 24.8 Å². The van der Waals surface area contributed by atoms with Gasteiger partial charge in [0.25, 0.3) is 0 Å². The minimum Gasteiger partial charge on any atom is -0.308 e. The first kappa shape index (κ1) is 11.8. The van der Waals surface area contributed by atoms with Gasteiger partial charge in [0.15, 0.2) is 5.82 Å². The van der Waals surface area contributed by atoms with E-state index in [0.29, 0.717) is 19.1 Å². The summed E-state index contributed by atoms with van der Waals surface area (Å²) in [4.78, 5) is 4.25. The Hall–Kier alpha value is -1.69. The topological polar surface area (TPSA) is 60.6 Å². The predicted octanol–water partition coefficient (Wildman–Crippen LogP) is 0.558. The van der Waals surface area contributed by atoms with Crippen molar-refractivity contribution in [3.8, 4) is 0 Å². The minimum atomic E-state index is 0.445. The Morgan fingerprint density at radius 3 is 2.88 bits per heavy atom. The quantitative estimate of drug-likeness (QED) is 0.821. The molecule has 0 unspecified atom stereocenters. The smallest absolute Gasteiger partial charge is 0.164 e. The van der Waals surface area contributed by atoms with Crippen LogP contribution in [0.5, 0.6) is 0 Å². The summed E-state index contributed by atoms with van der Waals surface area (Å²) >= 11 is 0. The van der Waals surface area contributed by atoms with Crippen molar-refractivity contribution < 1.29 is 0 Å². The Labute approximate surface area is 101 Å². The minimum absolute atomic E-state index is 0.445. The lowest BCUT2D eigenvalue weighted by Crippen LogP contribution is -2.22. The molecule has 0 atom stereocenters. The standard InChI is InChI=1S/C11H18N6/c1-9(2)12-5-11-13-8-17(15-11)7-10-4-14-16(3)6-10/h4,6,8-9,12H,5,7H2,1-3H3. The molecule has 1 N–H and O–H groups in total. The summed E-state index contributed by atoms with van der Waals surface area (Å²) in [6.45, 7) is 5.62. The second-order valence-corrected chi connectivity index (χ2v) is 4.42. The number of aromatic nitrogens is 5. The molecule has 0 spiro atoms. The second-order valence-electron chi connectivity index (χ2n) is 4.42. The van der Waals surface area contributed by atoms with Crippen molar-refractivity contribution in [2.75, 3.05) is 0 Å². The van der Waals surface area contributed by atoms with Crippen molar-refractivity contribution in [2.45, 2.75) is 33.0 Å². The fourth-order valence-corrected chi connectivity index (χ4v) is 1.53. The van der Waals surface area contributed by atoms with E-state index in [1.807, 2.05) is 24.1 Å². The number of nitrogens with one attached hydrogen (secondary N) is 1. The first-order valence-corrected chi connectivity index (χ1v) is 5.72. The molecular formula is C11H18N6. The first-order valence-electron chi connectivity index (χ1n) is 5.72. The van der Waals surface area contributed by atoms with Crippen LogP contribution in [-0.4, -0.2) is 30.6 Å². The maximum atomic E-state index is 4.39. The largest absolute Gasteiger partial charge is 0.308 e. The Kier molecular flexibility index (Phi) is 3.53. The molecule has 0 saturated carbocycles. The molecule has 2 aromatic heterocycles. The molecule has 0 radical (unpaired) electrons. The molecule has 0 amide bonds. The molecule has 0 fully saturated rings. The Morgan fingerprint density at radius 2 is 2.24 bits per heavy atom. The van der Waals surface area contributed by atoms with Gasteiger partial charge >= 0.3 is 0 Å². The summed E-state index contributed by atoms with van der Waals surface area (Å²) in [7, 11) is 1.91. The molecule has 2 aromatic rings.